The second-order valence-electron chi connectivity index (χ2n) is 6.62. The largest absolute Gasteiger partial charge is 0.496 e. The van der Waals surface area contributed by atoms with E-state index in [-0.39, 0.29) is 18.9 Å². The van der Waals surface area contributed by atoms with Gasteiger partial charge in [-0.2, -0.15) is 24.9 Å². The lowest BCUT2D eigenvalue weighted by atomic mass is 10.1. The van der Waals surface area contributed by atoms with Crippen molar-refractivity contribution in [2.75, 3.05) is 37.5 Å². The molecule has 174 valence electrons. The topological polar surface area (TPSA) is 92.3 Å². The fraction of sp³-hybridized carbons (Fsp3) is 0.381. The molecule has 0 saturated heterocycles. The Morgan fingerprint density at radius 2 is 1.91 bits per heavy atom. The Labute approximate surface area is 188 Å². The molecular weight excluding hydrogens is 445 g/mol. The first-order valence-corrected chi connectivity index (χ1v) is 11.1. The van der Waals surface area contributed by atoms with Crippen molar-refractivity contribution in [2.45, 2.75) is 18.6 Å². The monoisotopic (exact) mass is 470 g/mol. The molecule has 7 nitrogen and oxygen atoms in total. The summed E-state index contributed by atoms with van der Waals surface area (Å²) >= 11 is 1.52. The Hall–Kier alpha value is -2.95. The van der Waals surface area contributed by atoms with Crippen LogP contribution < -0.4 is 20.7 Å². The fourth-order valence-electron chi connectivity index (χ4n) is 2.84. The van der Waals surface area contributed by atoms with Gasteiger partial charge in [0.2, 0.25) is 5.91 Å². The quantitative estimate of drug-likeness (QED) is 0.437. The van der Waals surface area contributed by atoms with E-state index in [1.165, 1.54) is 31.1 Å². The SMILES string of the molecule is COc1ccccc1C(=O)NC(CCSC)C(=O)NCCNc1ncccc1C(F)(F)F. The van der Waals surface area contributed by atoms with E-state index >= 15 is 0 Å². The zero-order valence-corrected chi connectivity index (χ0v) is 18.5. The third kappa shape index (κ3) is 7.33. The summed E-state index contributed by atoms with van der Waals surface area (Å²) < 4.78 is 44.3. The third-order valence-electron chi connectivity index (χ3n) is 4.41. The highest BCUT2D eigenvalue weighted by atomic mass is 32.2. The number of carbonyl (C=O) groups excluding carboxylic acids is 2. The number of alkyl halides is 3. The minimum absolute atomic E-state index is 0.0293. The summed E-state index contributed by atoms with van der Waals surface area (Å²) in [7, 11) is 1.45. The average Bonchev–Trinajstić information content (AvgIpc) is 2.78. The number of nitrogens with one attached hydrogen (secondary N) is 3. The smallest absolute Gasteiger partial charge is 0.419 e. The molecule has 0 aliphatic carbocycles. The molecule has 1 unspecified atom stereocenters. The summed E-state index contributed by atoms with van der Waals surface area (Å²) in [4.78, 5) is 29.0. The predicted octanol–water partition coefficient (Wildman–Crippen LogP) is 3.19. The van der Waals surface area contributed by atoms with Crippen LogP contribution in [0.2, 0.25) is 0 Å². The van der Waals surface area contributed by atoms with E-state index in [4.69, 9.17) is 4.74 Å². The number of methoxy groups -OCH3 is 1. The highest BCUT2D eigenvalue weighted by Crippen LogP contribution is 2.33. The van der Waals surface area contributed by atoms with Crippen LogP contribution in [0.3, 0.4) is 0 Å². The van der Waals surface area contributed by atoms with E-state index in [2.05, 4.69) is 20.9 Å². The Bertz CT molecular complexity index is 912. The van der Waals surface area contributed by atoms with Crippen LogP contribution in [0.4, 0.5) is 19.0 Å². The molecule has 1 heterocycles. The van der Waals surface area contributed by atoms with Crippen LogP contribution in [-0.2, 0) is 11.0 Å². The van der Waals surface area contributed by atoms with E-state index in [1.54, 1.807) is 24.3 Å². The number of amides is 2. The molecule has 1 atom stereocenters. The molecule has 0 aliphatic rings. The fourth-order valence-corrected chi connectivity index (χ4v) is 3.31. The van der Waals surface area contributed by atoms with Crippen molar-refractivity contribution >= 4 is 29.4 Å². The first-order valence-electron chi connectivity index (χ1n) is 9.74. The number of hydrogen-bond acceptors (Lipinski definition) is 6. The van der Waals surface area contributed by atoms with E-state index in [0.29, 0.717) is 23.5 Å². The molecule has 0 bridgehead atoms. The van der Waals surface area contributed by atoms with Gasteiger partial charge >= 0.3 is 6.18 Å². The van der Waals surface area contributed by atoms with Gasteiger partial charge in [0.05, 0.1) is 18.2 Å². The van der Waals surface area contributed by atoms with Gasteiger partial charge in [0.15, 0.2) is 0 Å². The van der Waals surface area contributed by atoms with Crippen molar-refractivity contribution in [3.8, 4) is 5.75 Å². The van der Waals surface area contributed by atoms with Gasteiger partial charge in [0.1, 0.15) is 17.6 Å². The number of rotatable bonds is 11. The molecule has 2 rings (SSSR count). The number of benzene rings is 1. The van der Waals surface area contributed by atoms with Crippen molar-refractivity contribution in [3.05, 3.63) is 53.7 Å². The Morgan fingerprint density at radius 3 is 2.59 bits per heavy atom. The molecule has 0 aliphatic heterocycles. The van der Waals surface area contributed by atoms with Crippen molar-refractivity contribution in [3.63, 3.8) is 0 Å². The first-order chi connectivity index (χ1) is 15.3. The molecule has 1 aromatic heterocycles. The molecule has 0 spiro atoms. The van der Waals surface area contributed by atoms with E-state index < -0.39 is 29.6 Å². The number of aromatic nitrogens is 1. The molecule has 1 aromatic carbocycles. The molecule has 0 radical (unpaired) electrons. The molecule has 0 saturated carbocycles. The third-order valence-corrected chi connectivity index (χ3v) is 5.06. The van der Waals surface area contributed by atoms with Gasteiger partial charge < -0.3 is 20.7 Å². The van der Waals surface area contributed by atoms with E-state index in [9.17, 15) is 22.8 Å². The van der Waals surface area contributed by atoms with Crippen LogP contribution in [0, 0.1) is 0 Å². The minimum Gasteiger partial charge on any atom is -0.496 e. The van der Waals surface area contributed by atoms with E-state index in [0.717, 1.165) is 6.07 Å². The second kappa shape index (κ2) is 12.2. The molecular formula is C21H25F3N4O3S. The maximum atomic E-state index is 13.0. The lowest BCUT2D eigenvalue weighted by Gasteiger charge is -2.19. The van der Waals surface area contributed by atoms with Crippen LogP contribution in [0.15, 0.2) is 42.6 Å². The minimum atomic E-state index is -4.54. The van der Waals surface area contributed by atoms with Gasteiger partial charge in [-0.05, 0) is 42.7 Å². The van der Waals surface area contributed by atoms with Crippen molar-refractivity contribution in [1.29, 1.82) is 0 Å². The number of halogens is 3. The predicted molar refractivity (Wildman–Crippen MR) is 118 cm³/mol. The van der Waals surface area contributed by atoms with Crippen LogP contribution in [0.25, 0.3) is 0 Å². The van der Waals surface area contributed by atoms with Crippen molar-refractivity contribution in [2.24, 2.45) is 0 Å². The Balaban J connectivity index is 1.95. The number of anilines is 1. The summed E-state index contributed by atoms with van der Waals surface area (Å²) in [5, 5.41) is 7.93. The summed E-state index contributed by atoms with van der Waals surface area (Å²) in [6.45, 7) is 0.0779. The number of carbonyl (C=O) groups is 2. The Kier molecular flexibility index (Phi) is 9.63. The van der Waals surface area contributed by atoms with Crippen LogP contribution >= 0.6 is 11.8 Å². The number of para-hydroxylation sites is 1. The van der Waals surface area contributed by atoms with Gasteiger partial charge in [0.25, 0.3) is 5.91 Å². The van der Waals surface area contributed by atoms with Crippen molar-refractivity contribution in [1.82, 2.24) is 15.6 Å². The van der Waals surface area contributed by atoms with Gasteiger partial charge in [-0.3, -0.25) is 9.59 Å². The molecule has 11 heteroatoms. The van der Waals surface area contributed by atoms with Crippen LogP contribution in [0.1, 0.15) is 22.3 Å². The average molecular weight is 471 g/mol. The molecule has 3 N–H and O–H groups in total. The van der Waals surface area contributed by atoms with Gasteiger partial charge in [0, 0.05) is 19.3 Å². The van der Waals surface area contributed by atoms with Gasteiger partial charge in [-0.1, -0.05) is 12.1 Å². The molecule has 2 aromatic rings. The summed E-state index contributed by atoms with van der Waals surface area (Å²) in [6, 6.07) is 7.98. The Morgan fingerprint density at radius 1 is 1.16 bits per heavy atom. The number of nitrogens with zero attached hydrogens (tertiary/aromatic N) is 1. The van der Waals surface area contributed by atoms with Crippen molar-refractivity contribution < 1.29 is 27.5 Å². The molecule has 2 amide bonds. The maximum absolute atomic E-state index is 13.0. The number of ether oxygens (including phenoxy) is 1. The maximum Gasteiger partial charge on any atom is 0.419 e. The van der Waals surface area contributed by atoms with E-state index in [1.807, 2.05) is 6.26 Å². The number of thioether (sulfide) groups is 1. The van der Waals surface area contributed by atoms with Gasteiger partial charge in [-0.25, -0.2) is 4.98 Å². The summed E-state index contributed by atoms with van der Waals surface area (Å²) in [6.07, 6.45) is -1.01. The lowest BCUT2D eigenvalue weighted by molar-refractivity contribution is -0.137. The zero-order chi connectivity index (χ0) is 23.6. The lowest BCUT2D eigenvalue weighted by Crippen LogP contribution is -2.48. The van der Waals surface area contributed by atoms with Crippen LogP contribution in [-0.4, -0.2) is 55.0 Å². The van der Waals surface area contributed by atoms with Crippen LogP contribution in [0.5, 0.6) is 5.75 Å². The van der Waals surface area contributed by atoms with Gasteiger partial charge in [-0.15, -0.1) is 0 Å². The normalized spacial score (nSPS) is 12.0. The highest BCUT2D eigenvalue weighted by Gasteiger charge is 2.34. The standard InChI is InChI=1S/C21H25F3N4O3S/c1-31-17-8-4-3-6-14(17)19(29)28-16(9-13-32-2)20(30)27-12-11-26-18-15(21(22,23)24)7-5-10-25-18/h3-8,10,16H,9,11-13H2,1-2H3,(H,25,26)(H,27,30)(H,28,29). The first kappa shape index (κ1) is 25.3. The number of hydrogen-bond donors (Lipinski definition) is 3. The zero-order valence-electron chi connectivity index (χ0n) is 17.7. The molecule has 0 fully saturated rings. The highest BCUT2D eigenvalue weighted by molar-refractivity contribution is 7.98. The number of pyridine rings is 1. The molecule has 32 heavy (non-hydrogen) atoms. The second-order valence-corrected chi connectivity index (χ2v) is 7.61. The summed E-state index contributed by atoms with van der Waals surface area (Å²) in [5.74, 6) is -0.177. The summed E-state index contributed by atoms with van der Waals surface area (Å²) in [5.41, 5.74) is -0.582.